The third kappa shape index (κ3) is 3.06. The molecular formula is C15H20N6O4S. The molecule has 0 amide bonds. The molecule has 0 radical (unpaired) electrons. The topological polar surface area (TPSA) is 155 Å². The predicted molar refractivity (Wildman–Crippen MR) is 94.7 cm³/mol. The molecule has 3 heterocycles. The third-order valence-corrected chi connectivity index (χ3v) is 5.95. The minimum atomic E-state index is -1.10. The van der Waals surface area contributed by atoms with E-state index in [1.807, 2.05) is 12.2 Å². The summed E-state index contributed by atoms with van der Waals surface area (Å²) in [6.07, 6.45) is 4.00. The average molecular weight is 380 g/mol. The number of imidazole rings is 1. The van der Waals surface area contributed by atoms with E-state index < -0.39 is 24.5 Å². The zero-order valence-corrected chi connectivity index (χ0v) is 14.6. The molecular weight excluding hydrogens is 360 g/mol. The van der Waals surface area contributed by atoms with Gasteiger partial charge in [-0.05, 0) is 6.42 Å². The molecule has 140 valence electrons. The highest BCUT2D eigenvalue weighted by Gasteiger charge is 2.44. The Morgan fingerprint density at radius 2 is 2.12 bits per heavy atom. The van der Waals surface area contributed by atoms with Crippen molar-refractivity contribution < 1.29 is 19.8 Å². The van der Waals surface area contributed by atoms with E-state index in [-0.39, 0.29) is 17.2 Å². The Hall–Kier alpha value is -1.76. The lowest BCUT2D eigenvalue weighted by atomic mass is 10.1. The van der Waals surface area contributed by atoms with Crippen LogP contribution in [0.25, 0.3) is 11.2 Å². The molecule has 26 heavy (non-hydrogen) atoms. The number of fused-ring (bicyclic) bond motifs is 1. The monoisotopic (exact) mass is 380 g/mol. The summed E-state index contributed by atoms with van der Waals surface area (Å²) in [7, 11) is 0. The summed E-state index contributed by atoms with van der Waals surface area (Å²) in [5.41, 5.74) is 6.67. The molecule has 4 rings (SSSR count). The number of rotatable bonds is 5. The summed E-state index contributed by atoms with van der Waals surface area (Å²) in [6, 6.07) is 0. The van der Waals surface area contributed by atoms with Gasteiger partial charge in [-0.3, -0.25) is 9.40 Å². The number of hydrogen-bond acceptors (Lipinski definition) is 10. The Morgan fingerprint density at radius 3 is 2.88 bits per heavy atom. The first kappa shape index (κ1) is 17.6. The van der Waals surface area contributed by atoms with Gasteiger partial charge in [0.1, 0.15) is 24.1 Å². The second-order valence-electron chi connectivity index (χ2n) is 6.30. The fourth-order valence-electron chi connectivity index (χ4n) is 3.23. The molecule has 6 N–H and O–H groups in total. The van der Waals surface area contributed by atoms with Crippen LogP contribution < -0.4 is 11.6 Å². The van der Waals surface area contributed by atoms with Gasteiger partial charge in [0.15, 0.2) is 17.7 Å². The first-order valence-corrected chi connectivity index (χ1v) is 9.23. The number of aliphatic hydroxyl groups is 2. The van der Waals surface area contributed by atoms with Crippen LogP contribution in [0.3, 0.4) is 0 Å². The zero-order chi connectivity index (χ0) is 18.3. The fraction of sp³-hybridized carbons (Fsp3) is 0.533. The quantitative estimate of drug-likeness (QED) is 0.388. The Balaban J connectivity index is 1.46. The Bertz CT molecular complexity index is 817. The number of aromatic nitrogens is 4. The normalized spacial score (nSPS) is 34.1. The fourth-order valence-corrected chi connectivity index (χ4v) is 4.47. The second-order valence-corrected chi connectivity index (χ2v) is 7.57. The average Bonchev–Trinajstić information content (AvgIpc) is 3.34. The molecule has 0 aromatic carbocycles. The first-order valence-electron chi connectivity index (χ1n) is 8.18. The number of anilines is 1. The van der Waals surface area contributed by atoms with Crippen molar-refractivity contribution in [2.75, 3.05) is 11.5 Å². The highest BCUT2D eigenvalue weighted by Crippen LogP contribution is 2.35. The lowest BCUT2D eigenvalue weighted by Crippen LogP contribution is -2.33. The first-order chi connectivity index (χ1) is 12.6. The summed E-state index contributed by atoms with van der Waals surface area (Å²) in [5.74, 6) is 5.96. The number of nitrogens with zero attached hydrogens (tertiary/aromatic N) is 4. The van der Waals surface area contributed by atoms with Crippen LogP contribution in [0.2, 0.25) is 0 Å². The van der Waals surface area contributed by atoms with E-state index in [1.165, 1.54) is 12.7 Å². The smallest absolute Gasteiger partial charge is 0.167 e. The molecule has 1 fully saturated rings. The maximum Gasteiger partial charge on any atom is 0.167 e. The number of nitrogens with two attached hydrogens (primary N) is 2. The van der Waals surface area contributed by atoms with Crippen LogP contribution in [0, 0.1) is 0 Å². The molecule has 0 bridgehead atoms. The molecule has 11 heteroatoms. The van der Waals surface area contributed by atoms with Gasteiger partial charge in [-0.2, -0.15) is 11.8 Å². The standard InChI is InChI=1S/C15H20N6O4S/c16-13-10-14(19-5-18-13)21(6-20-10)15-12(23)11(22)9(24-15)4-26-8-2-1-7(3-8)25-17/h1-2,5-9,11-12,15,22-23H,3-4,17H2,(H2,16,18,19)/t7-,8-,9+,11+,12+,15+/m0/s1. The largest absolute Gasteiger partial charge is 0.387 e. The lowest BCUT2D eigenvalue weighted by Gasteiger charge is -2.17. The number of nitrogen functional groups attached to an aromatic ring is 1. The van der Waals surface area contributed by atoms with Gasteiger partial charge in [0, 0.05) is 11.0 Å². The highest BCUT2D eigenvalue weighted by atomic mass is 32.2. The third-order valence-electron chi connectivity index (χ3n) is 4.65. The molecule has 0 spiro atoms. The molecule has 1 aliphatic carbocycles. The van der Waals surface area contributed by atoms with E-state index in [4.69, 9.17) is 21.2 Å². The zero-order valence-electron chi connectivity index (χ0n) is 13.8. The minimum Gasteiger partial charge on any atom is -0.387 e. The van der Waals surface area contributed by atoms with Crippen molar-refractivity contribution in [2.45, 2.75) is 42.3 Å². The summed E-state index contributed by atoms with van der Waals surface area (Å²) in [5, 5.41) is 21.1. The number of thioether (sulfide) groups is 1. The molecule has 2 aromatic rings. The van der Waals surface area contributed by atoms with Gasteiger partial charge in [-0.25, -0.2) is 20.8 Å². The molecule has 2 aliphatic rings. The second kappa shape index (κ2) is 7.10. The van der Waals surface area contributed by atoms with Crippen molar-refractivity contribution in [3.8, 4) is 0 Å². The number of hydrogen-bond donors (Lipinski definition) is 4. The Labute approximate surface area is 153 Å². The van der Waals surface area contributed by atoms with E-state index in [2.05, 4.69) is 15.0 Å². The SMILES string of the molecule is NO[C@H]1C=C[C@H](SC[C@H]2O[C@@H](n3cnc4c(N)ncnc43)[C@H](O)[C@@H]2O)C1. The predicted octanol–water partition coefficient (Wildman–Crippen LogP) is -0.652. The van der Waals surface area contributed by atoms with Crippen molar-refractivity contribution in [2.24, 2.45) is 5.90 Å². The van der Waals surface area contributed by atoms with Crippen molar-refractivity contribution in [1.82, 2.24) is 19.5 Å². The van der Waals surface area contributed by atoms with Gasteiger partial charge in [-0.1, -0.05) is 12.2 Å². The van der Waals surface area contributed by atoms with Crippen LogP contribution >= 0.6 is 11.8 Å². The molecule has 2 aromatic heterocycles. The highest BCUT2D eigenvalue weighted by molar-refractivity contribution is 8.00. The van der Waals surface area contributed by atoms with E-state index in [9.17, 15) is 10.2 Å². The van der Waals surface area contributed by atoms with Crippen molar-refractivity contribution >= 4 is 28.7 Å². The van der Waals surface area contributed by atoms with Crippen molar-refractivity contribution in [3.05, 3.63) is 24.8 Å². The number of aliphatic hydroxyl groups excluding tert-OH is 2. The summed E-state index contributed by atoms with van der Waals surface area (Å²) in [6.45, 7) is 0. The van der Waals surface area contributed by atoms with Gasteiger partial charge < -0.3 is 20.7 Å². The van der Waals surface area contributed by atoms with Crippen LogP contribution in [0.4, 0.5) is 5.82 Å². The number of ether oxygens (including phenoxy) is 1. The Kier molecular flexibility index (Phi) is 4.82. The van der Waals surface area contributed by atoms with Gasteiger partial charge in [0.2, 0.25) is 0 Å². The van der Waals surface area contributed by atoms with Crippen LogP contribution in [0.5, 0.6) is 0 Å². The van der Waals surface area contributed by atoms with Crippen LogP contribution in [0.15, 0.2) is 24.8 Å². The molecule has 0 saturated carbocycles. The van der Waals surface area contributed by atoms with Crippen LogP contribution in [-0.2, 0) is 9.57 Å². The van der Waals surface area contributed by atoms with Gasteiger partial charge in [0.25, 0.3) is 0 Å². The summed E-state index contributed by atoms with van der Waals surface area (Å²) >= 11 is 1.62. The van der Waals surface area contributed by atoms with Crippen LogP contribution in [0.1, 0.15) is 12.6 Å². The van der Waals surface area contributed by atoms with Crippen molar-refractivity contribution in [3.63, 3.8) is 0 Å². The Morgan fingerprint density at radius 1 is 1.27 bits per heavy atom. The summed E-state index contributed by atoms with van der Waals surface area (Å²) in [4.78, 5) is 17.0. The van der Waals surface area contributed by atoms with Crippen molar-refractivity contribution in [1.29, 1.82) is 0 Å². The molecule has 0 unspecified atom stereocenters. The van der Waals surface area contributed by atoms with E-state index in [0.717, 1.165) is 6.42 Å². The molecule has 1 aliphatic heterocycles. The van der Waals surface area contributed by atoms with Crippen LogP contribution in [-0.4, -0.2) is 65.2 Å². The lowest BCUT2D eigenvalue weighted by molar-refractivity contribution is -0.0289. The van der Waals surface area contributed by atoms with E-state index in [0.29, 0.717) is 16.9 Å². The maximum atomic E-state index is 10.4. The molecule has 10 nitrogen and oxygen atoms in total. The van der Waals surface area contributed by atoms with Gasteiger partial charge in [0.05, 0.1) is 18.5 Å². The molecule has 1 saturated heterocycles. The van der Waals surface area contributed by atoms with Gasteiger partial charge >= 0.3 is 0 Å². The summed E-state index contributed by atoms with van der Waals surface area (Å²) < 4.78 is 7.48. The molecule has 6 atom stereocenters. The van der Waals surface area contributed by atoms with E-state index >= 15 is 0 Å². The maximum absolute atomic E-state index is 10.4. The minimum absolute atomic E-state index is 0.0808. The van der Waals surface area contributed by atoms with Gasteiger partial charge in [-0.15, -0.1) is 0 Å². The van der Waals surface area contributed by atoms with E-state index in [1.54, 1.807) is 16.3 Å².